The summed E-state index contributed by atoms with van der Waals surface area (Å²) in [6, 6.07) is 12.5. The number of methoxy groups -OCH3 is 1. The molecule has 1 N–H and O–H groups in total. The molecule has 0 fully saturated rings. The third kappa shape index (κ3) is 2.88. The molecule has 1 amide bonds. The summed E-state index contributed by atoms with van der Waals surface area (Å²) >= 11 is 0. The zero-order valence-corrected chi connectivity index (χ0v) is 14.1. The monoisotopic (exact) mass is 349 g/mol. The Hall–Kier alpha value is -3.68. The van der Waals surface area contributed by atoms with Crippen LogP contribution < -0.4 is 10.1 Å². The van der Waals surface area contributed by atoms with Crippen LogP contribution in [0.5, 0.6) is 5.75 Å². The number of nitrogens with one attached hydrogen (secondary N) is 1. The number of nitrogens with zero attached hydrogens (tertiary/aromatic N) is 4. The van der Waals surface area contributed by atoms with Gasteiger partial charge in [-0.2, -0.15) is 0 Å². The molecule has 0 bridgehead atoms. The molecule has 8 heteroatoms. The number of fused-ring (bicyclic) bond motifs is 1. The molecule has 3 aromatic heterocycles. The maximum absolute atomic E-state index is 12.4. The van der Waals surface area contributed by atoms with Crippen LogP contribution in [0.15, 0.2) is 53.1 Å². The Morgan fingerprint density at radius 1 is 1.12 bits per heavy atom. The summed E-state index contributed by atoms with van der Waals surface area (Å²) in [6.07, 6.45) is 1.75. The molecular formula is C18H15N5O3. The maximum Gasteiger partial charge on any atom is 0.293 e. The lowest BCUT2D eigenvalue weighted by atomic mass is 10.2. The summed E-state index contributed by atoms with van der Waals surface area (Å²) in [4.78, 5) is 16.7. The first-order chi connectivity index (χ1) is 12.6. The van der Waals surface area contributed by atoms with Crippen molar-refractivity contribution in [3.05, 3.63) is 60.1 Å². The highest BCUT2D eigenvalue weighted by atomic mass is 16.5. The Bertz CT molecular complexity index is 1080. The van der Waals surface area contributed by atoms with Crippen molar-refractivity contribution in [3.63, 3.8) is 0 Å². The molecule has 0 atom stereocenters. The van der Waals surface area contributed by atoms with E-state index in [4.69, 9.17) is 9.15 Å². The number of furan rings is 1. The Morgan fingerprint density at radius 2 is 1.92 bits per heavy atom. The van der Waals surface area contributed by atoms with E-state index in [0.29, 0.717) is 11.5 Å². The van der Waals surface area contributed by atoms with E-state index in [-0.39, 0.29) is 11.7 Å². The first-order valence-electron chi connectivity index (χ1n) is 7.88. The second-order valence-corrected chi connectivity index (χ2v) is 5.61. The lowest BCUT2D eigenvalue weighted by Crippen LogP contribution is -2.13. The van der Waals surface area contributed by atoms with Crippen LogP contribution in [0, 0.1) is 6.92 Å². The molecule has 4 aromatic rings. The summed E-state index contributed by atoms with van der Waals surface area (Å²) in [7, 11) is 1.61. The molecule has 0 aliphatic heterocycles. The third-order valence-corrected chi connectivity index (χ3v) is 3.85. The van der Waals surface area contributed by atoms with Gasteiger partial charge in [-0.1, -0.05) is 0 Å². The number of amides is 1. The minimum absolute atomic E-state index is 0.174. The van der Waals surface area contributed by atoms with E-state index in [9.17, 15) is 4.79 Å². The van der Waals surface area contributed by atoms with E-state index in [1.54, 1.807) is 35.9 Å². The van der Waals surface area contributed by atoms with Gasteiger partial charge in [0.05, 0.1) is 7.11 Å². The Labute approximate surface area is 148 Å². The van der Waals surface area contributed by atoms with Crippen LogP contribution in [-0.2, 0) is 0 Å². The molecule has 0 saturated heterocycles. The maximum atomic E-state index is 12.4. The first-order valence-corrected chi connectivity index (χ1v) is 7.88. The molecule has 3 heterocycles. The molecule has 1 aromatic carbocycles. The minimum Gasteiger partial charge on any atom is -0.497 e. The number of aromatic nitrogens is 4. The van der Waals surface area contributed by atoms with Crippen molar-refractivity contribution < 1.29 is 13.9 Å². The standard InChI is InChI=1S/C18H15N5O3/c1-11-9-10-23-17(19-11)21-22-18(23)20-16(24)15-8-7-14(26-15)12-3-5-13(25-2)6-4-12/h3-10H,1-2H3,(H,20,22,24). The number of hydrogen-bond donors (Lipinski definition) is 1. The molecule has 0 aliphatic rings. The highest BCUT2D eigenvalue weighted by Crippen LogP contribution is 2.24. The molecule has 0 radical (unpaired) electrons. The van der Waals surface area contributed by atoms with E-state index in [0.717, 1.165) is 17.0 Å². The summed E-state index contributed by atoms with van der Waals surface area (Å²) in [5.41, 5.74) is 1.66. The van der Waals surface area contributed by atoms with Crippen molar-refractivity contribution in [1.82, 2.24) is 19.6 Å². The van der Waals surface area contributed by atoms with Crippen molar-refractivity contribution in [2.24, 2.45) is 0 Å². The number of aryl methyl sites for hydroxylation is 1. The largest absolute Gasteiger partial charge is 0.497 e. The molecule has 8 nitrogen and oxygen atoms in total. The summed E-state index contributed by atoms with van der Waals surface area (Å²) in [5, 5.41) is 10.6. The van der Waals surface area contributed by atoms with Gasteiger partial charge in [0.25, 0.3) is 11.7 Å². The van der Waals surface area contributed by atoms with E-state index in [1.165, 1.54) is 0 Å². The van der Waals surface area contributed by atoms with Crippen LogP contribution in [-0.4, -0.2) is 32.6 Å². The Kier molecular flexibility index (Phi) is 3.85. The molecule has 0 aliphatic carbocycles. The normalized spacial score (nSPS) is 10.8. The van der Waals surface area contributed by atoms with Gasteiger partial charge < -0.3 is 9.15 Å². The van der Waals surface area contributed by atoms with Crippen LogP contribution >= 0.6 is 0 Å². The number of rotatable bonds is 4. The second kappa shape index (κ2) is 6.32. The van der Waals surface area contributed by atoms with Crippen LogP contribution in [0.1, 0.15) is 16.2 Å². The van der Waals surface area contributed by atoms with Crippen molar-refractivity contribution in [1.29, 1.82) is 0 Å². The third-order valence-electron chi connectivity index (χ3n) is 3.85. The van der Waals surface area contributed by atoms with Gasteiger partial charge in [-0.15, -0.1) is 10.2 Å². The summed E-state index contributed by atoms with van der Waals surface area (Å²) in [6.45, 7) is 1.86. The van der Waals surface area contributed by atoms with Gasteiger partial charge >= 0.3 is 0 Å². The molecule has 4 rings (SSSR count). The van der Waals surface area contributed by atoms with Crippen LogP contribution in [0.25, 0.3) is 17.1 Å². The molecule has 0 unspecified atom stereocenters. The number of hydrogen-bond acceptors (Lipinski definition) is 6. The number of benzene rings is 1. The zero-order valence-electron chi connectivity index (χ0n) is 14.1. The lowest BCUT2D eigenvalue weighted by molar-refractivity contribution is 0.0996. The van der Waals surface area contributed by atoms with Crippen molar-refractivity contribution >= 4 is 17.6 Å². The fourth-order valence-corrected chi connectivity index (χ4v) is 2.49. The van der Waals surface area contributed by atoms with E-state index in [2.05, 4.69) is 20.5 Å². The number of carbonyl (C=O) groups is 1. The van der Waals surface area contributed by atoms with Crippen LogP contribution in [0.2, 0.25) is 0 Å². The van der Waals surface area contributed by atoms with Crippen molar-refractivity contribution in [2.75, 3.05) is 12.4 Å². The number of ether oxygens (including phenoxy) is 1. The van der Waals surface area contributed by atoms with E-state index >= 15 is 0 Å². The van der Waals surface area contributed by atoms with Crippen LogP contribution in [0.4, 0.5) is 5.95 Å². The van der Waals surface area contributed by atoms with Gasteiger partial charge in [-0.3, -0.25) is 14.5 Å². The molecule has 0 spiro atoms. The minimum atomic E-state index is -0.417. The summed E-state index contributed by atoms with van der Waals surface area (Å²) < 4.78 is 12.4. The molecule has 26 heavy (non-hydrogen) atoms. The smallest absolute Gasteiger partial charge is 0.293 e. The van der Waals surface area contributed by atoms with Gasteiger partial charge in [0.1, 0.15) is 11.5 Å². The zero-order chi connectivity index (χ0) is 18.1. The van der Waals surface area contributed by atoms with Gasteiger partial charge in [-0.05, 0) is 49.4 Å². The van der Waals surface area contributed by atoms with E-state index < -0.39 is 5.91 Å². The van der Waals surface area contributed by atoms with Gasteiger partial charge in [-0.25, -0.2) is 4.98 Å². The number of anilines is 1. The predicted molar refractivity (Wildman–Crippen MR) is 94.2 cm³/mol. The Morgan fingerprint density at radius 3 is 2.69 bits per heavy atom. The SMILES string of the molecule is COc1ccc(-c2ccc(C(=O)Nc3nnc4nc(C)ccn34)o2)cc1. The fourth-order valence-electron chi connectivity index (χ4n) is 2.49. The van der Waals surface area contributed by atoms with Crippen molar-refractivity contribution in [2.45, 2.75) is 6.92 Å². The summed E-state index contributed by atoms with van der Waals surface area (Å²) in [5.74, 6) is 1.79. The average Bonchev–Trinajstić information content (AvgIpc) is 3.29. The molecular weight excluding hydrogens is 334 g/mol. The highest BCUT2D eigenvalue weighted by Gasteiger charge is 2.16. The lowest BCUT2D eigenvalue weighted by Gasteiger charge is -2.02. The predicted octanol–water partition coefficient (Wildman–Crippen LogP) is 2.95. The van der Waals surface area contributed by atoms with Crippen molar-refractivity contribution in [3.8, 4) is 17.1 Å². The fraction of sp³-hybridized carbons (Fsp3) is 0.111. The first kappa shape index (κ1) is 15.8. The average molecular weight is 349 g/mol. The Balaban J connectivity index is 1.55. The van der Waals surface area contributed by atoms with Gasteiger partial charge in [0.2, 0.25) is 5.95 Å². The topological polar surface area (TPSA) is 94.5 Å². The highest BCUT2D eigenvalue weighted by molar-refractivity contribution is 6.01. The second-order valence-electron chi connectivity index (χ2n) is 5.61. The van der Waals surface area contributed by atoms with Gasteiger partial charge in [0, 0.05) is 17.5 Å². The van der Waals surface area contributed by atoms with Crippen LogP contribution in [0.3, 0.4) is 0 Å². The van der Waals surface area contributed by atoms with E-state index in [1.807, 2.05) is 31.2 Å². The molecule has 130 valence electrons. The quantitative estimate of drug-likeness (QED) is 0.609. The van der Waals surface area contributed by atoms with Gasteiger partial charge in [0.15, 0.2) is 5.76 Å². The number of carbonyl (C=O) groups excluding carboxylic acids is 1. The molecule has 0 saturated carbocycles.